The molecule has 0 bridgehead atoms. The van der Waals surface area contributed by atoms with Crippen molar-refractivity contribution in [3.05, 3.63) is 22.9 Å². The first-order valence-corrected chi connectivity index (χ1v) is 7.16. The summed E-state index contributed by atoms with van der Waals surface area (Å²) in [5.74, 6) is 2.31. The van der Waals surface area contributed by atoms with E-state index in [0.29, 0.717) is 11.6 Å². The number of nitrogens with one attached hydrogen (secondary N) is 1. The first-order chi connectivity index (χ1) is 9.01. The Morgan fingerprint density at radius 3 is 2.63 bits per heavy atom. The van der Waals surface area contributed by atoms with Crippen LogP contribution >= 0.6 is 0 Å². The summed E-state index contributed by atoms with van der Waals surface area (Å²) in [7, 11) is 0. The molecule has 0 spiro atoms. The SMILES string of the molecule is Cc1cc(C)c(C#N)c(NC2CCC(C)C(C)C2)n1. The zero-order valence-corrected chi connectivity index (χ0v) is 12.3. The van der Waals surface area contributed by atoms with Gasteiger partial charge in [-0.2, -0.15) is 5.26 Å². The maximum Gasteiger partial charge on any atom is 0.144 e. The summed E-state index contributed by atoms with van der Waals surface area (Å²) >= 11 is 0. The molecular formula is C16H23N3. The van der Waals surface area contributed by atoms with Crippen LogP contribution in [0.25, 0.3) is 0 Å². The minimum absolute atomic E-state index is 0.451. The topological polar surface area (TPSA) is 48.7 Å². The normalized spacial score (nSPS) is 26.8. The third-order valence-electron chi connectivity index (χ3n) is 4.40. The molecule has 3 unspecified atom stereocenters. The van der Waals surface area contributed by atoms with Crippen LogP contribution < -0.4 is 5.32 Å². The molecule has 1 aromatic heterocycles. The van der Waals surface area contributed by atoms with E-state index in [-0.39, 0.29) is 0 Å². The molecule has 0 amide bonds. The largest absolute Gasteiger partial charge is 0.366 e. The van der Waals surface area contributed by atoms with Crippen LogP contribution in [0.1, 0.15) is 49.9 Å². The molecule has 0 saturated heterocycles. The van der Waals surface area contributed by atoms with E-state index >= 15 is 0 Å². The minimum atomic E-state index is 0.451. The fraction of sp³-hybridized carbons (Fsp3) is 0.625. The van der Waals surface area contributed by atoms with Gasteiger partial charge < -0.3 is 5.32 Å². The van der Waals surface area contributed by atoms with Crippen LogP contribution in [0.2, 0.25) is 0 Å². The Balaban J connectivity index is 2.18. The van der Waals surface area contributed by atoms with Gasteiger partial charge >= 0.3 is 0 Å². The van der Waals surface area contributed by atoms with Crippen molar-refractivity contribution < 1.29 is 0 Å². The van der Waals surface area contributed by atoms with Gasteiger partial charge in [0.25, 0.3) is 0 Å². The highest BCUT2D eigenvalue weighted by Gasteiger charge is 2.25. The standard InChI is InChI=1S/C16H23N3/c1-10-5-6-14(8-11(10)2)19-16-15(9-17)12(3)7-13(4)18-16/h7,10-11,14H,5-6,8H2,1-4H3,(H,18,19). The quantitative estimate of drug-likeness (QED) is 0.876. The molecule has 1 fully saturated rings. The fourth-order valence-corrected chi connectivity index (χ4v) is 2.95. The van der Waals surface area contributed by atoms with Crippen molar-refractivity contribution in [1.82, 2.24) is 4.98 Å². The predicted molar refractivity (Wildman–Crippen MR) is 78.0 cm³/mol. The van der Waals surface area contributed by atoms with Gasteiger partial charge in [0.05, 0.1) is 5.56 Å². The van der Waals surface area contributed by atoms with Crippen LogP contribution in [-0.4, -0.2) is 11.0 Å². The Kier molecular flexibility index (Phi) is 4.09. The molecule has 1 N–H and O–H groups in total. The second kappa shape index (κ2) is 5.61. The minimum Gasteiger partial charge on any atom is -0.366 e. The second-order valence-corrected chi connectivity index (χ2v) is 6.02. The van der Waals surface area contributed by atoms with Crippen LogP contribution in [0.4, 0.5) is 5.82 Å². The zero-order valence-electron chi connectivity index (χ0n) is 12.3. The van der Waals surface area contributed by atoms with E-state index in [0.717, 1.165) is 28.9 Å². The van der Waals surface area contributed by atoms with Crippen LogP contribution in [0.15, 0.2) is 6.07 Å². The lowest BCUT2D eigenvalue weighted by molar-refractivity contribution is 0.260. The van der Waals surface area contributed by atoms with Crippen molar-refractivity contribution >= 4 is 5.82 Å². The zero-order chi connectivity index (χ0) is 14.0. The van der Waals surface area contributed by atoms with Crippen LogP contribution in [0, 0.1) is 37.0 Å². The highest BCUT2D eigenvalue weighted by atomic mass is 15.0. The summed E-state index contributed by atoms with van der Waals surface area (Å²) in [5.41, 5.74) is 2.67. The third kappa shape index (κ3) is 3.07. The number of hydrogen-bond acceptors (Lipinski definition) is 3. The number of rotatable bonds is 2. The summed E-state index contributed by atoms with van der Waals surface area (Å²) in [4.78, 5) is 4.51. The summed E-state index contributed by atoms with van der Waals surface area (Å²) in [6.45, 7) is 8.60. The number of hydrogen-bond donors (Lipinski definition) is 1. The molecule has 0 radical (unpaired) electrons. The van der Waals surface area contributed by atoms with E-state index in [1.165, 1.54) is 19.3 Å². The van der Waals surface area contributed by atoms with Gasteiger partial charge in [-0.05, 0) is 56.6 Å². The molecule has 1 saturated carbocycles. The Bertz CT molecular complexity index is 501. The lowest BCUT2D eigenvalue weighted by Crippen LogP contribution is -2.31. The molecule has 1 aliphatic rings. The van der Waals surface area contributed by atoms with E-state index in [1.54, 1.807) is 0 Å². The molecule has 3 atom stereocenters. The summed E-state index contributed by atoms with van der Waals surface area (Å²) < 4.78 is 0. The number of pyridine rings is 1. The van der Waals surface area contributed by atoms with Gasteiger partial charge in [-0.15, -0.1) is 0 Å². The van der Waals surface area contributed by atoms with Crippen molar-refractivity contribution in [3.8, 4) is 6.07 Å². The first kappa shape index (κ1) is 13.9. The lowest BCUT2D eigenvalue weighted by atomic mass is 9.79. The molecule has 19 heavy (non-hydrogen) atoms. The average Bonchev–Trinajstić information content (AvgIpc) is 2.33. The van der Waals surface area contributed by atoms with Crippen molar-refractivity contribution in [2.24, 2.45) is 11.8 Å². The third-order valence-corrected chi connectivity index (χ3v) is 4.40. The maximum absolute atomic E-state index is 9.28. The van der Waals surface area contributed by atoms with Gasteiger partial charge in [-0.25, -0.2) is 4.98 Å². The molecule has 3 heteroatoms. The summed E-state index contributed by atoms with van der Waals surface area (Å²) in [6.07, 6.45) is 3.59. The van der Waals surface area contributed by atoms with Gasteiger partial charge in [-0.1, -0.05) is 13.8 Å². The molecule has 0 aliphatic heterocycles. The van der Waals surface area contributed by atoms with E-state index in [4.69, 9.17) is 0 Å². The molecule has 1 heterocycles. The number of nitriles is 1. The molecular weight excluding hydrogens is 234 g/mol. The van der Waals surface area contributed by atoms with E-state index in [1.807, 2.05) is 19.9 Å². The van der Waals surface area contributed by atoms with Crippen molar-refractivity contribution in [2.75, 3.05) is 5.32 Å². The second-order valence-electron chi connectivity index (χ2n) is 6.02. The molecule has 1 aliphatic carbocycles. The molecule has 102 valence electrons. The highest BCUT2D eigenvalue weighted by Crippen LogP contribution is 2.31. The monoisotopic (exact) mass is 257 g/mol. The highest BCUT2D eigenvalue weighted by molar-refractivity contribution is 5.56. The summed E-state index contributed by atoms with van der Waals surface area (Å²) in [6, 6.07) is 4.69. The average molecular weight is 257 g/mol. The van der Waals surface area contributed by atoms with Crippen molar-refractivity contribution in [3.63, 3.8) is 0 Å². The Hall–Kier alpha value is -1.56. The van der Waals surface area contributed by atoms with E-state index < -0.39 is 0 Å². The lowest BCUT2D eigenvalue weighted by Gasteiger charge is -2.33. The number of anilines is 1. The van der Waals surface area contributed by atoms with E-state index in [9.17, 15) is 5.26 Å². The van der Waals surface area contributed by atoms with Gasteiger partial charge in [-0.3, -0.25) is 0 Å². The fourth-order valence-electron chi connectivity index (χ4n) is 2.95. The maximum atomic E-state index is 9.28. The van der Waals surface area contributed by atoms with Crippen LogP contribution in [-0.2, 0) is 0 Å². The number of aryl methyl sites for hydroxylation is 2. The van der Waals surface area contributed by atoms with Crippen LogP contribution in [0.3, 0.4) is 0 Å². The van der Waals surface area contributed by atoms with Gasteiger partial charge in [0.15, 0.2) is 0 Å². The number of nitrogens with zero attached hydrogens (tertiary/aromatic N) is 2. The van der Waals surface area contributed by atoms with Crippen LogP contribution in [0.5, 0.6) is 0 Å². The summed E-state index contributed by atoms with van der Waals surface area (Å²) in [5, 5.41) is 12.8. The Morgan fingerprint density at radius 2 is 2.00 bits per heavy atom. The molecule has 0 aromatic carbocycles. The van der Waals surface area contributed by atoms with Gasteiger partial charge in [0.1, 0.15) is 11.9 Å². The van der Waals surface area contributed by atoms with Crippen molar-refractivity contribution in [2.45, 2.75) is 53.0 Å². The van der Waals surface area contributed by atoms with E-state index in [2.05, 4.69) is 30.2 Å². The van der Waals surface area contributed by atoms with Gasteiger partial charge in [0.2, 0.25) is 0 Å². The molecule has 1 aromatic rings. The number of aromatic nitrogens is 1. The molecule has 2 rings (SSSR count). The predicted octanol–water partition coefficient (Wildman–Crippen LogP) is 3.81. The smallest absolute Gasteiger partial charge is 0.144 e. The first-order valence-electron chi connectivity index (χ1n) is 7.16. The Labute approximate surface area is 116 Å². The van der Waals surface area contributed by atoms with Crippen molar-refractivity contribution in [1.29, 1.82) is 5.26 Å². The molecule has 3 nitrogen and oxygen atoms in total. The Morgan fingerprint density at radius 1 is 1.26 bits per heavy atom. The van der Waals surface area contributed by atoms with Gasteiger partial charge in [0, 0.05) is 11.7 Å².